The molecule has 0 bridgehead atoms. The van der Waals surface area contributed by atoms with Gasteiger partial charge in [-0.3, -0.25) is 4.84 Å². The summed E-state index contributed by atoms with van der Waals surface area (Å²) in [5.41, 5.74) is 4.36. The zero-order valence-corrected chi connectivity index (χ0v) is 11.8. The Morgan fingerprint density at radius 3 is 2.56 bits per heavy atom. The fourth-order valence-electron chi connectivity index (χ4n) is 1.56. The van der Waals surface area contributed by atoms with E-state index in [1.165, 1.54) is 0 Å². The molecule has 102 valence electrons. The van der Waals surface area contributed by atoms with Crippen molar-refractivity contribution < 1.29 is 14.7 Å². The van der Waals surface area contributed by atoms with Gasteiger partial charge in [-0.15, -0.1) is 0 Å². The Kier molecular flexibility index (Phi) is 5.14. The lowest BCUT2D eigenvalue weighted by Crippen LogP contribution is -2.32. The zero-order chi connectivity index (χ0) is 13.8. The van der Waals surface area contributed by atoms with Crippen LogP contribution in [0.4, 0.5) is 0 Å². The van der Waals surface area contributed by atoms with E-state index in [1.807, 2.05) is 45.9 Å². The highest BCUT2D eigenvalue weighted by Crippen LogP contribution is 2.25. The highest BCUT2D eigenvalue weighted by Gasteiger charge is 2.15. The first-order chi connectivity index (χ1) is 8.33. The highest BCUT2D eigenvalue weighted by atomic mass is 16.7. The standard InChI is InChI=1S/C14H23NO3/c1-10-6-7-13(17-5)11(8-10)12(16)9-15-18-14(2,3)4/h6-8,12,15-16H,9H2,1-5H3. The minimum Gasteiger partial charge on any atom is -0.496 e. The summed E-state index contributed by atoms with van der Waals surface area (Å²) in [6, 6.07) is 5.73. The maximum Gasteiger partial charge on any atom is 0.124 e. The molecule has 0 amide bonds. The lowest BCUT2D eigenvalue weighted by molar-refractivity contribution is -0.0835. The number of nitrogens with one attached hydrogen (secondary N) is 1. The molecule has 0 radical (unpaired) electrons. The minimum absolute atomic E-state index is 0.281. The minimum atomic E-state index is -0.665. The van der Waals surface area contributed by atoms with Crippen molar-refractivity contribution in [2.24, 2.45) is 0 Å². The molecule has 2 N–H and O–H groups in total. The predicted molar refractivity (Wildman–Crippen MR) is 71.5 cm³/mol. The van der Waals surface area contributed by atoms with Crippen LogP contribution < -0.4 is 10.2 Å². The number of hydrogen-bond acceptors (Lipinski definition) is 4. The van der Waals surface area contributed by atoms with E-state index in [9.17, 15) is 5.11 Å². The van der Waals surface area contributed by atoms with Crippen LogP contribution in [0.15, 0.2) is 18.2 Å². The number of methoxy groups -OCH3 is 1. The van der Waals surface area contributed by atoms with Gasteiger partial charge in [0.1, 0.15) is 5.75 Å². The van der Waals surface area contributed by atoms with Gasteiger partial charge in [0.05, 0.1) is 25.4 Å². The maximum atomic E-state index is 10.1. The molecule has 0 saturated carbocycles. The topological polar surface area (TPSA) is 50.7 Å². The van der Waals surface area contributed by atoms with Gasteiger partial charge in [-0.2, -0.15) is 5.48 Å². The van der Waals surface area contributed by atoms with E-state index >= 15 is 0 Å². The molecular weight excluding hydrogens is 230 g/mol. The summed E-state index contributed by atoms with van der Waals surface area (Å²) in [5.74, 6) is 0.686. The molecule has 4 nitrogen and oxygen atoms in total. The largest absolute Gasteiger partial charge is 0.496 e. The Morgan fingerprint density at radius 2 is 2.00 bits per heavy atom. The van der Waals surface area contributed by atoms with E-state index < -0.39 is 6.10 Å². The summed E-state index contributed by atoms with van der Waals surface area (Å²) >= 11 is 0. The van der Waals surface area contributed by atoms with Crippen molar-refractivity contribution >= 4 is 0 Å². The molecule has 0 aliphatic rings. The molecule has 1 rings (SSSR count). The molecule has 0 heterocycles. The zero-order valence-electron chi connectivity index (χ0n) is 11.8. The van der Waals surface area contributed by atoms with Gasteiger partial charge in [0.25, 0.3) is 0 Å². The number of aliphatic hydroxyl groups is 1. The van der Waals surface area contributed by atoms with Crippen LogP contribution in [0.25, 0.3) is 0 Å². The second kappa shape index (κ2) is 6.18. The Balaban J connectivity index is 2.66. The molecule has 1 atom stereocenters. The third-order valence-electron chi connectivity index (χ3n) is 2.40. The fraction of sp³-hybridized carbons (Fsp3) is 0.571. The number of aliphatic hydroxyl groups excluding tert-OH is 1. The average molecular weight is 253 g/mol. The lowest BCUT2D eigenvalue weighted by atomic mass is 10.1. The smallest absolute Gasteiger partial charge is 0.124 e. The first-order valence-corrected chi connectivity index (χ1v) is 6.07. The number of benzene rings is 1. The second-order valence-electron chi connectivity index (χ2n) is 5.32. The quantitative estimate of drug-likeness (QED) is 0.791. The molecule has 1 aromatic carbocycles. The molecule has 0 aliphatic carbocycles. The van der Waals surface area contributed by atoms with Crippen molar-refractivity contribution in [1.29, 1.82) is 0 Å². The van der Waals surface area contributed by atoms with Crippen LogP contribution in [0.5, 0.6) is 5.75 Å². The summed E-state index contributed by atoms with van der Waals surface area (Å²) < 4.78 is 5.24. The van der Waals surface area contributed by atoms with Crippen LogP contribution in [-0.2, 0) is 4.84 Å². The summed E-state index contributed by atoms with van der Waals surface area (Å²) in [6.07, 6.45) is -0.665. The van der Waals surface area contributed by atoms with Gasteiger partial charge in [-0.05, 0) is 39.8 Å². The van der Waals surface area contributed by atoms with E-state index in [-0.39, 0.29) is 5.60 Å². The first kappa shape index (κ1) is 15.0. The third-order valence-corrected chi connectivity index (χ3v) is 2.40. The molecular formula is C14H23NO3. The van der Waals surface area contributed by atoms with Gasteiger partial charge < -0.3 is 9.84 Å². The van der Waals surface area contributed by atoms with Crippen LogP contribution in [0.1, 0.15) is 38.0 Å². The number of ether oxygens (including phenoxy) is 1. The number of rotatable bonds is 5. The van der Waals surface area contributed by atoms with E-state index in [1.54, 1.807) is 7.11 Å². The number of hydrogen-bond donors (Lipinski definition) is 2. The van der Waals surface area contributed by atoms with Crippen LogP contribution in [0, 0.1) is 6.92 Å². The normalized spacial score (nSPS) is 13.4. The second-order valence-corrected chi connectivity index (χ2v) is 5.32. The van der Waals surface area contributed by atoms with Crippen molar-refractivity contribution in [3.63, 3.8) is 0 Å². The maximum absolute atomic E-state index is 10.1. The molecule has 0 spiro atoms. The van der Waals surface area contributed by atoms with Crippen molar-refractivity contribution in [3.8, 4) is 5.75 Å². The lowest BCUT2D eigenvalue weighted by Gasteiger charge is -2.21. The molecule has 0 aromatic heterocycles. The predicted octanol–water partition coefficient (Wildman–Crippen LogP) is 2.36. The molecule has 4 heteroatoms. The monoisotopic (exact) mass is 253 g/mol. The van der Waals surface area contributed by atoms with Crippen LogP contribution >= 0.6 is 0 Å². The third kappa shape index (κ3) is 4.64. The first-order valence-electron chi connectivity index (χ1n) is 6.07. The van der Waals surface area contributed by atoms with Crippen molar-refractivity contribution in [1.82, 2.24) is 5.48 Å². The van der Waals surface area contributed by atoms with Crippen LogP contribution in [0.2, 0.25) is 0 Å². The molecule has 0 fully saturated rings. The molecule has 18 heavy (non-hydrogen) atoms. The van der Waals surface area contributed by atoms with E-state index in [0.717, 1.165) is 11.1 Å². The molecule has 1 aromatic rings. The fourth-order valence-corrected chi connectivity index (χ4v) is 1.56. The van der Waals surface area contributed by atoms with Crippen molar-refractivity contribution in [2.45, 2.75) is 39.4 Å². The van der Waals surface area contributed by atoms with E-state index in [2.05, 4.69) is 5.48 Å². The Hall–Kier alpha value is -1.10. The van der Waals surface area contributed by atoms with Gasteiger partial charge in [0, 0.05) is 5.56 Å². The van der Waals surface area contributed by atoms with Gasteiger partial charge in [0.15, 0.2) is 0 Å². The Bertz CT molecular complexity index is 385. The molecule has 0 saturated heterocycles. The van der Waals surface area contributed by atoms with Gasteiger partial charge >= 0.3 is 0 Å². The Labute approximate surface area is 109 Å². The number of hydroxylamine groups is 1. The van der Waals surface area contributed by atoms with E-state index in [0.29, 0.717) is 12.3 Å². The van der Waals surface area contributed by atoms with Crippen molar-refractivity contribution in [3.05, 3.63) is 29.3 Å². The SMILES string of the molecule is COc1ccc(C)cc1C(O)CNOC(C)(C)C. The summed E-state index contributed by atoms with van der Waals surface area (Å²) in [6.45, 7) is 8.13. The van der Waals surface area contributed by atoms with Gasteiger partial charge in [-0.25, -0.2) is 0 Å². The number of aryl methyl sites for hydroxylation is 1. The highest BCUT2D eigenvalue weighted by molar-refractivity contribution is 5.38. The summed E-state index contributed by atoms with van der Waals surface area (Å²) in [5, 5.41) is 10.1. The average Bonchev–Trinajstić information content (AvgIpc) is 2.27. The molecule has 0 aliphatic heterocycles. The molecule has 1 unspecified atom stereocenters. The van der Waals surface area contributed by atoms with Crippen molar-refractivity contribution in [2.75, 3.05) is 13.7 Å². The summed E-state index contributed by atoms with van der Waals surface area (Å²) in [4.78, 5) is 5.37. The van der Waals surface area contributed by atoms with Crippen LogP contribution in [-0.4, -0.2) is 24.4 Å². The summed E-state index contributed by atoms with van der Waals surface area (Å²) in [7, 11) is 1.60. The van der Waals surface area contributed by atoms with Crippen LogP contribution in [0.3, 0.4) is 0 Å². The Morgan fingerprint density at radius 1 is 1.33 bits per heavy atom. The van der Waals surface area contributed by atoms with Gasteiger partial charge in [0.2, 0.25) is 0 Å². The van der Waals surface area contributed by atoms with E-state index in [4.69, 9.17) is 9.57 Å². The van der Waals surface area contributed by atoms with Gasteiger partial charge in [-0.1, -0.05) is 11.6 Å².